The summed E-state index contributed by atoms with van der Waals surface area (Å²) in [5.74, 6) is -0.165. The number of aryl methyl sites for hydroxylation is 1. The van der Waals surface area contributed by atoms with Crippen LogP contribution < -0.4 is 10.9 Å². The Hall–Kier alpha value is -2.80. The highest BCUT2D eigenvalue weighted by atomic mass is 79.9. The second kappa shape index (κ2) is 7.61. The van der Waals surface area contributed by atoms with E-state index >= 15 is 0 Å². The van der Waals surface area contributed by atoms with Crippen LogP contribution in [0.4, 0.5) is 10.1 Å². The number of rotatable bonds is 4. The van der Waals surface area contributed by atoms with Crippen LogP contribution in [0.25, 0.3) is 11.4 Å². The number of carbonyl (C=O) groups is 1. The monoisotopic (exact) mass is 415 g/mol. The van der Waals surface area contributed by atoms with Crippen molar-refractivity contribution in [1.82, 2.24) is 9.97 Å². The van der Waals surface area contributed by atoms with E-state index in [0.29, 0.717) is 32.8 Å². The minimum Gasteiger partial charge on any atom is -0.326 e. The molecule has 0 atom stereocenters. The average Bonchev–Trinajstić information content (AvgIpc) is 2.57. The van der Waals surface area contributed by atoms with Crippen molar-refractivity contribution in [1.29, 1.82) is 0 Å². The van der Waals surface area contributed by atoms with E-state index in [1.807, 2.05) is 0 Å². The lowest BCUT2D eigenvalue weighted by Crippen LogP contribution is -2.14. The number of halogens is 2. The normalized spacial score (nSPS) is 10.6. The number of amides is 1. The molecule has 3 rings (SSSR count). The summed E-state index contributed by atoms with van der Waals surface area (Å²) in [6, 6.07) is 12.9. The first-order chi connectivity index (χ1) is 12.4. The van der Waals surface area contributed by atoms with Gasteiger partial charge in [0.25, 0.3) is 5.56 Å². The van der Waals surface area contributed by atoms with Crippen LogP contribution in [0.5, 0.6) is 0 Å². The number of nitrogens with one attached hydrogen (secondary N) is 2. The van der Waals surface area contributed by atoms with Gasteiger partial charge in [-0.1, -0.05) is 18.2 Å². The van der Waals surface area contributed by atoms with Gasteiger partial charge in [0.05, 0.1) is 10.9 Å². The Kier molecular flexibility index (Phi) is 5.27. The number of aromatic amines is 1. The van der Waals surface area contributed by atoms with Gasteiger partial charge in [0.2, 0.25) is 5.91 Å². The molecule has 0 saturated carbocycles. The molecule has 0 aliphatic carbocycles. The van der Waals surface area contributed by atoms with E-state index < -0.39 is 0 Å². The minimum absolute atomic E-state index is 0.114. The highest BCUT2D eigenvalue weighted by molar-refractivity contribution is 9.10. The molecule has 1 heterocycles. The van der Waals surface area contributed by atoms with Crippen LogP contribution in [-0.4, -0.2) is 15.9 Å². The lowest BCUT2D eigenvalue weighted by Gasteiger charge is -2.08. The molecule has 0 bridgehead atoms. The number of carbonyl (C=O) groups excluding carboxylic acids is 1. The Morgan fingerprint density at radius 2 is 2.04 bits per heavy atom. The van der Waals surface area contributed by atoms with E-state index in [-0.39, 0.29) is 23.7 Å². The first kappa shape index (κ1) is 18.0. The number of H-pyrrole nitrogens is 1. The minimum atomic E-state index is -0.374. The summed E-state index contributed by atoms with van der Waals surface area (Å²) < 4.78 is 13.6. The van der Waals surface area contributed by atoms with Gasteiger partial charge in [-0.25, -0.2) is 9.37 Å². The molecule has 1 amide bonds. The van der Waals surface area contributed by atoms with Crippen LogP contribution in [0.2, 0.25) is 0 Å². The van der Waals surface area contributed by atoms with Crippen LogP contribution in [0.1, 0.15) is 11.3 Å². The SMILES string of the molecule is Cc1cc(=O)[nH]c(-c2cccc(NC(=O)Cc3ccc(F)c(Br)c3)c2)n1. The number of hydrogen-bond donors (Lipinski definition) is 2. The summed E-state index contributed by atoms with van der Waals surface area (Å²) in [5, 5.41) is 2.80. The van der Waals surface area contributed by atoms with Gasteiger partial charge in [-0.15, -0.1) is 0 Å². The van der Waals surface area contributed by atoms with Crippen LogP contribution in [-0.2, 0) is 11.2 Å². The summed E-state index contributed by atoms with van der Waals surface area (Å²) in [5.41, 5.74) is 2.34. The van der Waals surface area contributed by atoms with Gasteiger partial charge in [0.15, 0.2) is 0 Å². The van der Waals surface area contributed by atoms with E-state index in [1.165, 1.54) is 12.1 Å². The Morgan fingerprint density at radius 3 is 2.77 bits per heavy atom. The molecule has 0 fully saturated rings. The van der Waals surface area contributed by atoms with Crippen LogP contribution >= 0.6 is 15.9 Å². The summed E-state index contributed by atoms with van der Waals surface area (Å²) >= 11 is 3.11. The standard InChI is InChI=1S/C19H15BrFN3O2/c1-11-7-17(25)24-19(22-11)13-3-2-4-14(10-13)23-18(26)9-12-5-6-16(21)15(20)8-12/h2-8,10H,9H2,1H3,(H,23,26)(H,22,24,25). The van der Waals surface area contributed by atoms with Crippen molar-refractivity contribution >= 4 is 27.5 Å². The second-order valence-corrected chi connectivity index (χ2v) is 6.64. The molecule has 132 valence electrons. The molecule has 3 aromatic rings. The van der Waals surface area contributed by atoms with Gasteiger partial charge in [0, 0.05) is 23.0 Å². The maximum atomic E-state index is 13.3. The zero-order chi connectivity index (χ0) is 18.7. The molecular formula is C19H15BrFN3O2. The molecule has 0 aliphatic rings. The number of aromatic nitrogens is 2. The fourth-order valence-corrected chi connectivity index (χ4v) is 2.93. The van der Waals surface area contributed by atoms with E-state index in [2.05, 4.69) is 31.2 Å². The predicted molar refractivity (Wildman–Crippen MR) is 101 cm³/mol. The maximum Gasteiger partial charge on any atom is 0.251 e. The maximum absolute atomic E-state index is 13.3. The zero-order valence-electron chi connectivity index (χ0n) is 13.8. The molecule has 0 saturated heterocycles. The quantitative estimate of drug-likeness (QED) is 0.679. The molecule has 5 nitrogen and oxygen atoms in total. The predicted octanol–water partition coefficient (Wildman–Crippen LogP) is 3.83. The van der Waals surface area contributed by atoms with Gasteiger partial charge in [-0.05, 0) is 52.7 Å². The first-order valence-corrected chi connectivity index (χ1v) is 8.62. The molecule has 2 aromatic carbocycles. The van der Waals surface area contributed by atoms with Gasteiger partial charge in [0.1, 0.15) is 11.6 Å². The van der Waals surface area contributed by atoms with E-state index in [9.17, 15) is 14.0 Å². The third-order valence-electron chi connectivity index (χ3n) is 3.64. The molecule has 1 aromatic heterocycles. The molecule has 0 spiro atoms. The van der Waals surface area contributed by atoms with Crippen molar-refractivity contribution in [3.05, 3.63) is 80.4 Å². The summed E-state index contributed by atoms with van der Waals surface area (Å²) in [7, 11) is 0. The van der Waals surface area contributed by atoms with Gasteiger partial charge in [-0.2, -0.15) is 0 Å². The Morgan fingerprint density at radius 1 is 1.23 bits per heavy atom. The van der Waals surface area contributed by atoms with Crippen molar-refractivity contribution in [3.8, 4) is 11.4 Å². The summed E-state index contributed by atoms with van der Waals surface area (Å²) in [6.45, 7) is 1.74. The van der Waals surface area contributed by atoms with E-state index in [0.717, 1.165) is 0 Å². The highest BCUT2D eigenvalue weighted by Gasteiger charge is 2.08. The topological polar surface area (TPSA) is 74.8 Å². The lowest BCUT2D eigenvalue weighted by atomic mass is 10.1. The molecule has 2 N–H and O–H groups in total. The van der Waals surface area contributed by atoms with Gasteiger partial charge >= 0.3 is 0 Å². The molecule has 0 aliphatic heterocycles. The van der Waals surface area contributed by atoms with Crippen molar-refractivity contribution < 1.29 is 9.18 Å². The fourth-order valence-electron chi connectivity index (χ4n) is 2.50. The smallest absolute Gasteiger partial charge is 0.251 e. The van der Waals surface area contributed by atoms with Crippen LogP contribution in [0.15, 0.2) is 57.8 Å². The van der Waals surface area contributed by atoms with E-state index in [1.54, 1.807) is 43.3 Å². The molecule has 0 unspecified atom stereocenters. The number of anilines is 1. The first-order valence-electron chi connectivity index (χ1n) is 7.83. The summed E-state index contributed by atoms with van der Waals surface area (Å²) in [6.07, 6.45) is 0.114. The molecular weight excluding hydrogens is 401 g/mol. The van der Waals surface area contributed by atoms with Crippen molar-refractivity contribution in [2.24, 2.45) is 0 Å². The number of hydrogen-bond acceptors (Lipinski definition) is 3. The van der Waals surface area contributed by atoms with Crippen LogP contribution in [0.3, 0.4) is 0 Å². The summed E-state index contributed by atoms with van der Waals surface area (Å²) in [4.78, 5) is 30.8. The van der Waals surface area contributed by atoms with Gasteiger partial charge in [-0.3, -0.25) is 9.59 Å². The third-order valence-corrected chi connectivity index (χ3v) is 4.25. The Balaban J connectivity index is 1.76. The van der Waals surface area contributed by atoms with Crippen molar-refractivity contribution in [2.45, 2.75) is 13.3 Å². The third kappa shape index (κ3) is 4.43. The molecule has 7 heteroatoms. The Labute approximate surface area is 157 Å². The second-order valence-electron chi connectivity index (χ2n) is 5.79. The molecule has 26 heavy (non-hydrogen) atoms. The van der Waals surface area contributed by atoms with Crippen molar-refractivity contribution in [2.75, 3.05) is 5.32 Å². The largest absolute Gasteiger partial charge is 0.326 e. The number of benzene rings is 2. The average molecular weight is 416 g/mol. The highest BCUT2D eigenvalue weighted by Crippen LogP contribution is 2.20. The number of nitrogens with zero attached hydrogens (tertiary/aromatic N) is 1. The Bertz CT molecular complexity index is 1030. The van der Waals surface area contributed by atoms with E-state index in [4.69, 9.17) is 0 Å². The lowest BCUT2D eigenvalue weighted by molar-refractivity contribution is -0.115. The van der Waals surface area contributed by atoms with Gasteiger partial charge < -0.3 is 10.3 Å². The van der Waals surface area contributed by atoms with Crippen molar-refractivity contribution in [3.63, 3.8) is 0 Å². The molecule has 0 radical (unpaired) electrons. The fraction of sp³-hybridized carbons (Fsp3) is 0.105. The zero-order valence-corrected chi connectivity index (χ0v) is 15.4. The van der Waals surface area contributed by atoms with Crippen LogP contribution in [0, 0.1) is 12.7 Å².